The molecule has 4 rings (SSSR count). The standard InChI is InChI=1S/C24H33N5O3/c1-24(2,3)22(32)29-12-11-17(14-29)26-21(31)19-6-4-5-15-13-25-23(28-20(15)19)27-16-7-9-18(30)10-8-16/h4-6,13,16-18,30H,7-12,14H2,1-3H3,(H,26,31)(H,25,27,28). The third kappa shape index (κ3) is 5.01. The van der Waals surface area contributed by atoms with Crippen molar-refractivity contribution in [3.05, 3.63) is 30.0 Å². The van der Waals surface area contributed by atoms with E-state index in [0.29, 0.717) is 30.1 Å². The van der Waals surface area contributed by atoms with E-state index in [4.69, 9.17) is 0 Å². The van der Waals surface area contributed by atoms with E-state index in [-0.39, 0.29) is 30.0 Å². The van der Waals surface area contributed by atoms with Crippen LogP contribution in [0.2, 0.25) is 0 Å². The van der Waals surface area contributed by atoms with Gasteiger partial charge in [0.2, 0.25) is 11.9 Å². The molecule has 1 atom stereocenters. The third-order valence-electron chi connectivity index (χ3n) is 6.34. The molecule has 8 nitrogen and oxygen atoms in total. The summed E-state index contributed by atoms with van der Waals surface area (Å²) in [4.78, 5) is 36.5. The van der Waals surface area contributed by atoms with Gasteiger partial charge in [-0.2, -0.15) is 0 Å². The molecule has 1 saturated heterocycles. The van der Waals surface area contributed by atoms with Crippen LogP contribution in [0, 0.1) is 5.41 Å². The van der Waals surface area contributed by atoms with Crippen LogP contribution in [-0.2, 0) is 4.79 Å². The fourth-order valence-corrected chi connectivity index (χ4v) is 4.51. The summed E-state index contributed by atoms with van der Waals surface area (Å²) in [5.41, 5.74) is 0.692. The molecule has 1 aromatic carbocycles. The Balaban J connectivity index is 1.46. The van der Waals surface area contributed by atoms with Crippen molar-refractivity contribution in [3.8, 4) is 0 Å². The van der Waals surface area contributed by atoms with Crippen LogP contribution < -0.4 is 10.6 Å². The lowest BCUT2D eigenvalue weighted by atomic mass is 9.93. The van der Waals surface area contributed by atoms with Gasteiger partial charge < -0.3 is 20.6 Å². The van der Waals surface area contributed by atoms with Crippen LogP contribution in [0.3, 0.4) is 0 Å². The highest BCUT2D eigenvalue weighted by atomic mass is 16.3. The predicted molar refractivity (Wildman–Crippen MR) is 123 cm³/mol. The fourth-order valence-electron chi connectivity index (χ4n) is 4.51. The van der Waals surface area contributed by atoms with Crippen LogP contribution >= 0.6 is 0 Å². The highest BCUT2D eigenvalue weighted by molar-refractivity contribution is 6.05. The number of nitrogens with zero attached hydrogens (tertiary/aromatic N) is 3. The first kappa shape index (κ1) is 22.5. The van der Waals surface area contributed by atoms with E-state index < -0.39 is 5.41 Å². The number of likely N-dealkylation sites (tertiary alicyclic amines) is 1. The van der Waals surface area contributed by atoms with Gasteiger partial charge >= 0.3 is 0 Å². The summed E-state index contributed by atoms with van der Waals surface area (Å²) < 4.78 is 0. The highest BCUT2D eigenvalue weighted by Gasteiger charge is 2.33. The van der Waals surface area contributed by atoms with E-state index in [0.717, 1.165) is 37.5 Å². The Morgan fingerprint density at radius 3 is 2.56 bits per heavy atom. The number of para-hydroxylation sites is 1. The number of amides is 2. The van der Waals surface area contributed by atoms with Gasteiger partial charge in [-0.3, -0.25) is 9.59 Å². The van der Waals surface area contributed by atoms with Gasteiger partial charge in [0.25, 0.3) is 5.91 Å². The number of nitrogens with one attached hydrogen (secondary N) is 2. The molecular formula is C24H33N5O3. The zero-order chi connectivity index (χ0) is 22.9. The van der Waals surface area contributed by atoms with Crippen LogP contribution in [0.5, 0.6) is 0 Å². The quantitative estimate of drug-likeness (QED) is 0.676. The summed E-state index contributed by atoms with van der Waals surface area (Å²) in [6.07, 6.45) is 5.55. The predicted octanol–water partition coefficient (Wildman–Crippen LogP) is 2.72. The number of fused-ring (bicyclic) bond motifs is 1. The molecule has 0 radical (unpaired) electrons. The maximum absolute atomic E-state index is 13.1. The molecule has 0 bridgehead atoms. The fraction of sp³-hybridized carbons (Fsp3) is 0.583. The summed E-state index contributed by atoms with van der Waals surface area (Å²) in [6, 6.07) is 5.66. The molecule has 2 aromatic rings. The third-order valence-corrected chi connectivity index (χ3v) is 6.34. The number of hydrogen-bond donors (Lipinski definition) is 3. The van der Waals surface area contributed by atoms with E-state index in [1.165, 1.54) is 0 Å². The van der Waals surface area contributed by atoms with Crippen LogP contribution in [0.25, 0.3) is 10.9 Å². The van der Waals surface area contributed by atoms with Crippen molar-refractivity contribution in [2.75, 3.05) is 18.4 Å². The van der Waals surface area contributed by atoms with Gasteiger partial charge in [-0.25, -0.2) is 9.97 Å². The minimum atomic E-state index is -0.425. The van der Waals surface area contributed by atoms with Crippen molar-refractivity contribution in [1.82, 2.24) is 20.2 Å². The number of hydrogen-bond acceptors (Lipinski definition) is 6. The van der Waals surface area contributed by atoms with Gasteiger partial charge in [0.1, 0.15) is 0 Å². The van der Waals surface area contributed by atoms with E-state index in [2.05, 4.69) is 20.6 Å². The van der Waals surface area contributed by atoms with Crippen molar-refractivity contribution >= 4 is 28.7 Å². The molecular weight excluding hydrogens is 406 g/mol. The number of rotatable bonds is 4. The van der Waals surface area contributed by atoms with Crippen LogP contribution in [-0.4, -0.2) is 63.1 Å². The Hall–Kier alpha value is -2.74. The van der Waals surface area contributed by atoms with Crippen molar-refractivity contribution in [2.24, 2.45) is 5.41 Å². The van der Waals surface area contributed by atoms with Crippen molar-refractivity contribution in [2.45, 2.75) is 71.1 Å². The topological polar surface area (TPSA) is 107 Å². The molecule has 0 spiro atoms. The number of carbonyl (C=O) groups excluding carboxylic acids is 2. The van der Waals surface area contributed by atoms with Gasteiger partial charge in [-0.15, -0.1) is 0 Å². The van der Waals surface area contributed by atoms with Gasteiger partial charge in [0, 0.05) is 42.2 Å². The zero-order valence-electron chi connectivity index (χ0n) is 19.1. The largest absolute Gasteiger partial charge is 0.393 e. The smallest absolute Gasteiger partial charge is 0.253 e. The Morgan fingerprint density at radius 2 is 1.84 bits per heavy atom. The Labute approximate surface area is 188 Å². The monoisotopic (exact) mass is 439 g/mol. The molecule has 172 valence electrons. The molecule has 2 aliphatic rings. The van der Waals surface area contributed by atoms with E-state index in [1.54, 1.807) is 12.3 Å². The van der Waals surface area contributed by atoms with E-state index in [1.807, 2.05) is 37.8 Å². The molecule has 1 saturated carbocycles. The molecule has 2 amide bonds. The van der Waals surface area contributed by atoms with Gasteiger partial charge in [-0.1, -0.05) is 32.9 Å². The average Bonchev–Trinajstić information content (AvgIpc) is 3.22. The van der Waals surface area contributed by atoms with Gasteiger partial charge in [-0.05, 0) is 38.2 Å². The zero-order valence-corrected chi connectivity index (χ0v) is 19.1. The van der Waals surface area contributed by atoms with E-state index in [9.17, 15) is 14.7 Å². The maximum Gasteiger partial charge on any atom is 0.253 e. The number of carbonyl (C=O) groups is 2. The first-order valence-corrected chi connectivity index (χ1v) is 11.5. The molecule has 3 N–H and O–H groups in total. The number of benzene rings is 1. The summed E-state index contributed by atoms with van der Waals surface area (Å²) in [5, 5.41) is 17.0. The number of aliphatic hydroxyl groups excluding tert-OH is 1. The molecule has 1 unspecified atom stereocenters. The molecule has 2 heterocycles. The lowest BCUT2D eigenvalue weighted by molar-refractivity contribution is -0.138. The van der Waals surface area contributed by atoms with Gasteiger partial charge in [0.05, 0.1) is 17.2 Å². The lowest BCUT2D eigenvalue weighted by Gasteiger charge is -2.26. The second-order valence-corrected chi connectivity index (χ2v) is 10.0. The highest BCUT2D eigenvalue weighted by Crippen LogP contribution is 2.24. The molecule has 8 heteroatoms. The Morgan fingerprint density at radius 1 is 1.09 bits per heavy atom. The Kier molecular flexibility index (Phi) is 6.33. The molecule has 1 aromatic heterocycles. The van der Waals surface area contributed by atoms with Crippen LogP contribution in [0.1, 0.15) is 63.2 Å². The molecule has 1 aliphatic carbocycles. The number of anilines is 1. The van der Waals surface area contributed by atoms with Crippen molar-refractivity contribution in [3.63, 3.8) is 0 Å². The van der Waals surface area contributed by atoms with Gasteiger partial charge in [0.15, 0.2) is 0 Å². The van der Waals surface area contributed by atoms with E-state index >= 15 is 0 Å². The first-order valence-electron chi connectivity index (χ1n) is 11.5. The maximum atomic E-state index is 13.1. The second-order valence-electron chi connectivity index (χ2n) is 10.0. The number of aromatic nitrogens is 2. The SMILES string of the molecule is CC(C)(C)C(=O)N1CCC(NC(=O)c2cccc3cnc(NC4CCC(O)CC4)nc23)C1. The number of aliphatic hydroxyl groups is 1. The van der Waals surface area contributed by atoms with Crippen molar-refractivity contribution in [1.29, 1.82) is 0 Å². The summed E-state index contributed by atoms with van der Waals surface area (Å²) in [5.74, 6) is 0.427. The first-order chi connectivity index (χ1) is 15.2. The summed E-state index contributed by atoms with van der Waals surface area (Å²) in [6.45, 7) is 6.93. The molecule has 32 heavy (non-hydrogen) atoms. The average molecular weight is 440 g/mol. The Bertz CT molecular complexity index is 995. The second kappa shape index (κ2) is 9.02. The van der Waals surface area contributed by atoms with Crippen LogP contribution in [0.15, 0.2) is 24.4 Å². The molecule has 2 fully saturated rings. The summed E-state index contributed by atoms with van der Waals surface area (Å²) >= 11 is 0. The molecule has 1 aliphatic heterocycles. The minimum absolute atomic E-state index is 0.0721. The van der Waals surface area contributed by atoms with Crippen molar-refractivity contribution < 1.29 is 14.7 Å². The lowest BCUT2D eigenvalue weighted by Crippen LogP contribution is -2.41. The minimum Gasteiger partial charge on any atom is -0.393 e. The van der Waals surface area contributed by atoms with Crippen LogP contribution in [0.4, 0.5) is 5.95 Å². The normalized spacial score (nSPS) is 23.9. The summed E-state index contributed by atoms with van der Waals surface area (Å²) in [7, 11) is 0.